The van der Waals surface area contributed by atoms with E-state index in [2.05, 4.69) is 25.9 Å². The summed E-state index contributed by atoms with van der Waals surface area (Å²) in [7, 11) is 0. The van der Waals surface area contributed by atoms with Gasteiger partial charge < -0.3 is 36.9 Å². The number of nitrogens with one attached hydrogen (secondary N) is 4. The average Bonchev–Trinajstić information content (AvgIpc) is 3.20. The summed E-state index contributed by atoms with van der Waals surface area (Å²) < 4.78 is 0. The van der Waals surface area contributed by atoms with Crippen LogP contribution in [0.25, 0.3) is 0 Å². The van der Waals surface area contributed by atoms with E-state index in [-0.39, 0.29) is 12.3 Å². The Morgan fingerprint density at radius 3 is 2.03 bits per heavy atom. The van der Waals surface area contributed by atoms with Gasteiger partial charge in [-0.2, -0.15) is 0 Å². The zero-order valence-electron chi connectivity index (χ0n) is 18.1. The molecule has 0 radical (unpaired) electrons. The molecule has 0 aliphatic carbocycles. The normalized spacial score (nSPS) is 15.1. The lowest BCUT2D eigenvalue weighted by Crippen LogP contribution is -2.59. The van der Waals surface area contributed by atoms with E-state index in [4.69, 9.17) is 5.73 Å². The molecule has 31 heavy (non-hydrogen) atoms. The van der Waals surface area contributed by atoms with E-state index in [1.165, 1.54) is 12.5 Å². The number of amides is 3. The maximum absolute atomic E-state index is 12.8. The van der Waals surface area contributed by atoms with E-state index in [1.807, 2.05) is 0 Å². The molecule has 0 saturated carbocycles. The molecule has 3 amide bonds. The Bertz CT molecular complexity index is 751. The summed E-state index contributed by atoms with van der Waals surface area (Å²) in [6.07, 6.45) is 2.92. The number of aliphatic carboxylic acids is 1. The number of nitrogens with zero attached hydrogens (tertiary/aromatic N) is 1. The van der Waals surface area contributed by atoms with Gasteiger partial charge in [-0.1, -0.05) is 27.7 Å². The molecule has 1 aromatic heterocycles. The molecule has 0 aliphatic rings. The van der Waals surface area contributed by atoms with E-state index < -0.39 is 60.4 Å². The van der Waals surface area contributed by atoms with Crippen molar-refractivity contribution < 1.29 is 29.4 Å². The molecule has 0 aromatic carbocycles. The molecular weight excluding hydrogens is 408 g/mol. The van der Waals surface area contributed by atoms with Crippen molar-refractivity contribution in [1.82, 2.24) is 25.9 Å². The van der Waals surface area contributed by atoms with E-state index in [0.29, 0.717) is 5.69 Å². The number of aliphatic hydroxyl groups is 1. The predicted molar refractivity (Wildman–Crippen MR) is 110 cm³/mol. The number of hydrogen-bond acceptors (Lipinski definition) is 7. The fourth-order valence-electron chi connectivity index (χ4n) is 2.63. The van der Waals surface area contributed by atoms with Crippen LogP contribution in [0.5, 0.6) is 0 Å². The van der Waals surface area contributed by atoms with Crippen LogP contribution in [0.1, 0.15) is 33.4 Å². The quantitative estimate of drug-likeness (QED) is 0.196. The van der Waals surface area contributed by atoms with E-state index in [1.54, 1.807) is 27.7 Å². The van der Waals surface area contributed by atoms with E-state index in [9.17, 15) is 29.4 Å². The number of nitrogens with two attached hydrogens (primary N) is 1. The molecule has 12 heteroatoms. The van der Waals surface area contributed by atoms with Crippen LogP contribution in [0.3, 0.4) is 0 Å². The topological polar surface area (TPSA) is 200 Å². The van der Waals surface area contributed by atoms with Gasteiger partial charge in [0.25, 0.3) is 0 Å². The molecule has 1 heterocycles. The maximum Gasteiger partial charge on any atom is 0.326 e. The molecule has 0 fully saturated rings. The number of H-pyrrole nitrogens is 1. The SMILES string of the molecule is CC(C)C(N)C(=O)NC(Cc1cnc[nH]1)C(=O)NC(CO)C(=O)NC(C(=O)O)C(C)C. The van der Waals surface area contributed by atoms with Crippen LogP contribution in [-0.4, -0.2) is 74.6 Å². The van der Waals surface area contributed by atoms with E-state index in [0.717, 1.165) is 0 Å². The van der Waals surface area contributed by atoms with Crippen molar-refractivity contribution in [3.8, 4) is 0 Å². The monoisotopic (exact) mass is 440 g/mol. The highest BCUT2D eigenvalue weighted by Crippen LogP contribution is 2.05. The zero-order valence-corrected chi connectivity index (χ0v) is 18.1. The second kappa shape index (κ2) is 12.0. The third kappa shape index (κ3) is 7.98. The number of carbonyl (C=O) groups excluding carboxylic acids is 3. The number of carboxylic acid groups (broad SMARTS) is 1. The number of aromatic nitrogens is 2. The van der Waals surface area contributed by atoms with Crippen LogP contribution in [-0.2, 0) is 25.6 Å². The van der Waals surface area contributed by atoms with Crippen molar-refractivity contribution in [2.45, 2.75) is 58.3 Å². The van der Waals surface area contributed by atoms with Gasteiger partial charge in [0.2, 0.25) is 17.7 Å². The average molecular weight is 441 g/mol. The first kappa shape index (κ1) is 26.0. The molecule has 8 N–H and O–H groups in total. The Hall–Kier alpha value is -2.99. The lowest BCUT2D eigenvalue weighted by Gasteiger charge is -2.25. The number of carbonyl (C=O) groups is 4. The van der Waals surface area contributed by atoms with Crippen LogP contribution in [0.4, 0.5) is 0 Å². The summed E-state index contributed by atoms with van der Waals surface area (Å²) in [6, 6.07) is -4.56. The van der Waals surface area contributed by atoms with Gasteiger partial charge in [0.05, 0.1) is 19.0 Å². The highest BCUT2D eigenvalue weighted by molar-refractivity contribution is 5.94. The number of imidazole rings is 1. The molecule has 0 spiro atoms. The van der Waals surface area contributed by atoms with Gasteiger partial charge in [-0.3, -0.25) is 14.4 Å². The number of aliphatic hydroxyl groups excluding tert-OH is 1. The minimum atomic E-state index is -1.41. The smallest absolute Gasteiger partial charge is 0.326 e. The van der Waals surface area contributed by atoms with Crippen molar-refractivity contribution >= 4 is 23.7 Å². The summed E-state index contributed by atoms with van der Waals surface area (Å²) >= 11 is 0. The molecule has 4 atom stereocenters. The number of carboxylic acids is 1. The first-order valence-electron chi connectivity index (χ1n) is 9.95. The number of aromatic amines is 1. The standard InChI is InChI=1S/C19H32N6O6/c1-9(2)14(20)18(29)23-12(5-11-6-21-8-22-11)16(27)24-13(7-26)17(28)25-15(10(3)4)19(30)31/h6,8-10,12-15,26H,5,7,20H2,1-4H3,(H,21,22)(H,23,29)(H,24,27)(H,25,28)(H,30,31). The Morgan fingerprint density at radius 2 is 1.58 bits per heavy atom. The fraction of sp³-hybridized carbons (Fsp3) is 0.632. The van der Waals surface area contributed by atoms with Crippen LogP contribution >= 0.6 is 0 Å². The van der Waals surface area contributed by atoms with Crippen molar-refractivity contribution in [2.75, 3.05) is 6.61 Å². The molecule has 1 rings (SSSR count). The Balaban J connectivity index is 2.94. The lowest BCUT2D eigenvalue weighted by molar-refractivity contribution is -0.143. The minimum Gasteiger partial charge on any atom is -0.480 e. The molecule has 174 valence electrons. The second-order valence-electron chi connectivity index (χ2n) is 7.92. The van der Waals surface area contributed by atoms with Crippen molar-refractivity contribution in [1.29, 1.82) is 0 Å². The number of rotatable bonds is 12. The van der Waals surface area contributed by atoms with Crippen LogP contribution in [0, 0.1) is 11.8 Å². The molecule has 0 aliphatic heterocycles. The summed E-state index contributed by atoms with van der Waals surface area (Å²) in [5, 5.41) is 26.0. The first-order valence-corrected chi connectivity index (χ1v) is 9.95. The highest BCUT2D eigenvalue weighted by Gasteiger charge is 2.31. The molecule has 0 bridgehead atoms. The summed E-state index contributed by atoms with van der Waals surface area (Å²) in [5.41, 5.74) is 6.40. The van der Waals surface area contributed by atoms with Crippen molar-refractivity contribution in [3.63, 3.8) is 0 Å². The summed E-state index contributed by atoms with van der Waals surface area (Å²) in [4.78, 5) is 55.6. The maximum atomic E-state index is 12.8. The Labute approximate surface area is 180 Å². The second-order valence-corrected chi connectivity index (χ2v) is 7.92. The van der Waals surface area contributed by atoms with Gasteiger partial charge in [0.15, 0.2) is 0 Å². The van der Waals surface area contributed by atoms with Crippen LogP contribution in [0.15, 0.2) is 12.5 Å². The minimum absolute atomic E-state index is 0.0336. The van der Waals surface area contributed by atoms with Gasteiger partial charge in [-0.05, 0) is 11.8 Å². The Morgan fingerprint density at radius 1 is 1.00 bits per heavy atom. The number of hydrogen-bond donors (Lipinski definition) is 7. The van der Waals surface area contributed by atoms with Gasteiger partial charge in [0, 0.05) is 18.3 Å². The third-order valence-corrected chi connectivity index (χ3v) is 4.68. The summed E-state index contributed by atoms with van der Waals surface area (Å²) in [5.74, 6) is -3.98. The van der Waals surface area contributed by atoms with Gasteiger partial charge in [-0.15, -0.1) is 0 Å². The van der Waals surface area contributed by atoms with Crippen LogP contribution < -0.4 is 21.7 Å². The van der Waals surface area contributed by atoms with Crippen LogP contribution in [0.2, 0.25) is 0 Å². The van der Waals surface area contributed by atoms with Gasteiger partial charge >= 0.3 is 5.97 Å². The molecular formula is C19H32N6O6. The largest absolute Gasteiger partial charge is 0.480 e. The zero-order chi connectivity index (χ0) is 23.7. The molecule has 0 saturated heterocycles. The lowest BCUT2D eigenvalue weighted by atomic mass is 10.0. The third-order valence-electron chi connectivity index (χ3n) is 4.68. The molecule has 4 unspecified atom stereocenters. The predicted octanol–water partition coefficient (Wildman–Crippen LogP) is -1.88. The summed E-state index contributed by atoms with van der Waals surface area (Å²) in [6.45, 7) is 5.97. The first-order chi connectivity index (χ1) is 14.5. The fourth-order valence-corrected chi connectivity index (χ4v) is 2.63. The van der Waals surface area contributed by atoms with E-state index >= 15 is 0 Å². The van der Waals surface area contributed by atoms with Crippen molar-refractivity contribution in [2.24, 2.45) is 17.6 Å². The highest BCUT2D eigenvalue weighted by atomic mass is 16.4. The molecule has 12 nitrogen and oxygen atoms in total. The van der Waals surface area contributed by atoms with Crippen molar-refractivity contribution in [3.05, 3.63) is 18.2 Å². The Kier molecular flexibility index (Phi) is 10.1. The van der Waals surface area contributed by atoms with Gasteiger partial charge in [-0.25, -0.2) is 9.78 Å². The van der Waals surface area contributed by atoms with Gasteiger partial charge in [0.1, 0.15) is 18.1 Å². The molecule has 1 aromatic rings.